The highest BCUT2D eigenvalue weighted by Crippen LogP contribution is 2.25. The molecular weight excluding hydrogens is 204 g/mol. The smallest absolute Gasteiger partial charge is 0.224 e. The number of aryl methyl sites for hydroxylation is 1. The van der Waals surface area contributed by atoms with Crippen molar-refractivity contribution in [3.05, 3.63) is 24.7 Å². The Morgan fingerprint density at radius 1 is 1.44 bits per heavy atom. The molecule has 0 spiro atoms. The van der Waals surface area contributed by atoms with E-state index < -0.39 is 0 Å². The SMILES string of the molecule is CCCn1cnnc1-c1cccnc1OC. The van der Waals surface area contributed by atoms with Gasteiger partial charge in [-0.05, 0) is 18.6 Å². The molecule has 0 atom stereocenters. The van der Waals surface area contributed by atoms with Crippen LogP contribution in [0.2, 0.25) is 0 Å². The zero-order valence-corrected chi connectivity index (χ0v) is 9.42. The summed E-state index contributed by atoms with van der Waals surface area (Å²) in [7, 11) is 1.60. The number of pyridine rings is 1. The van der Waals surface area contributed by atoms with Crippen LogP contribution in [-0.2, 0) is 6.54 Å². The Hall–Kier alpha value is -1.91. The Bertz CT molecular complexity index is 467. The van der Waals surface area contributed by atoms with Crippen LogP contribution in [0, 0.1) is 0 Å². The van der Waals surface area contributed by atoms with Crippen LogP contribution < -0.4 is 4.74 Å². The summed E-state index contributed by atoms with van der Waals surface area (Å²) in [6.07, 6.45) is 4.46. The Balaban J connectivity index is 2.45. The molecule has 0 radical (unpaired) electrons. The van der Waals surface area contributed by atoms with Gasteiger partial charge in [0.05, 0.1) is 12.7 Å². The lowest BCUT2D eigenvalue weighted by Gasteiger charge is -2.07. The first-order valence-electron chi connectivity index (χ1n) is 5.24. The summed E-state index contributed by atoms with van der Waals surface area (Å²) in [5.41, 5.74) is 0.871. The van der Waals surface area contributed by atoms with E-state index in [-0.39, 0.29) is 0 Å². The molecule has 2 heterocycles. The number of hydrogen-bond donors (Lipinski definition) is 0. The van der Waals surface area contributed by atoms with Gasteiger partial charge < -0.3 is 9.30 Å². The first-order valence-corrected chi connectivity index (χ1v) is 5.24. The van der Waals surface area contributed by atoms with Crippen molar-refractivity contribution in [2.75, 3.05) is 7.11 Å². The molecule has 16 heavy (non-hydrogen) atoms. The predicted octanol–water partition coefficient (Wildman–Crippen LogP) is 1.76. The average Bonchev–Trinajstić information content (AvgIpc) is 2.77. The quantitative estimate of drug-likeness (QED) is 0.784. The average molecular weight is 218 g/mol. The summed E-state index contributed by atoms with van der Waals surface area (Å²) in [4.78, 5) is 4.15. The van der Waals surface area contributed by atoms with E-state index in [2.05, 4.69) is 22.1 Å². The minimum absolute atomic E-state index is 0.577. The third-order valence-electron chi connectivity index (χ3n) is 2.29. The van der Waals surface area contributed by atoms with Gasteiger partial charge in [-0.1, -0.05) is 6.92 Å². The topological polar surface area (TPSA) is 52.8 Å². The Morgan fingerprint density at radius 3 is 3.06 bits per heavy atom. The third kappa shape index (κ3) is 1.88. The monoisotopic (exact) mass is 218 g/mol. The van der Waals surface area contributed by atoms with E-state index in [4.69, 9.17) is 4.74 Å². The van der Waals surface area contributed by atoms with Gasteiger partial charge in [0.1, 0.15) is 6.33 Å². The van der Waals surface area contributed by atoms with Crippen LogP contribution in [0.3, 0.4) is 0 Å². The molecule has 5 nitrogen and oxygen atoms in total. The molecule has 5 heteroatoms. The zero-order chi connectivity index (χ0) is 11.4. The van der Waals surface area contributed by atoms with Gasteiger partial charge in [-0.15, -0.1) is 10.2 Å². The molecule has 0 amide bonds. The molecule has 2 aromatic heterocycles. The van der Waals surface area contributed by atoms with Crippen molar-refractivity contribution in [3.8, 4) is 17.3 Å². The molecule has 0 bridgehead atoms. The number of aromatic nitrogens is 4. The summed E-state index contributed by atoms with van der Waals surface area (Å²) in [5.74, 6) is 1.37. The van der Waals surface area contributed by atoms with Crippen LogP contribution >= 0.6 is 0 Å². The van der Waals surface area contributed by atoms with Crippen molar-refractivity contribution < 1.29 is 4.74 Å². The molecule has 0 aliphatic rings. The molecule has 0 saturated heterocycles. The zero-order valence-electron chi connectivity index (χ0n) is 9.42. The molecule has 0 saturated carbocycles. The summed E-state index contributed by atoms with van der Waals surface area (Å²) >= 11 is 0. The highest BCUT2D eigenvalue weighted by atomic mass is 16.5. The summed E-state index contributed by atoms with van der Waals surface area (Å²) < 4.78 is 7.21. The van der Waals surface area contributed by atoms with Crippen molar-refractivity contribution >= 4 is 0 Å². The first-order chi connectivity index (χ1) is 7.86. The van der Waals surface area contributed by atoms with Crippen molar-refractivity contribution in [3.63, 3.8) is 0 Å². The molecule has 0 aliphatic heterocycles. The van der Waals surface area contributed by atoms with Gasteiger partial charge in [-0.2, -0.15) is 0 Å². The Kier molecular flexibility index (Phi) is 3.14. The minimum Gasteiger partial charge on any atom is -0.480 e. The summed E-state index contributed by atoms with van der Waals surface area (Å²) in [5, 5.41) is 8.03. The number of nitrogens with zero attached hydrogens (tertiary/aromatic N) is 4. The van der Waals surface area contributed by atoms with E-state index in [0.29, 0.717) is 5.88 Å². The fourth-order valence-electron chi connectivity index (χ4n) is 1.59. The van der Waals surface area contributed by atoms with E-state index in [9.17, 15) is 0 Å². The predicted molar refractivity (Wildman–Crippen MR) is 60.1 cm³/mol. The second-order valence-electron chi connectivity index (χ2n) is 3.41. The summed E-state index contributed by atoms with van der Waals surface area (Å²) in [6.45, 7) is 3.00. The summed E-state index contributed by atoms with van der Waals surface area (Å²) in [6, 6.07) is 3.80. The van der Waals surface area contributed by atoms with Crippen LogP contribution in [0.25, 0.3) is 11.4 Å². The Labute approximate surface area is 94.1 Å². The fraction of sp³-hybridized carbons (Fsp3) is 0.364. The van der Waals surface area contributed by atoms with Crippen molar-refractivity contribution in [2.24, 2.45) is 0 Å². The van der Waals surface area contributed by atoms with Gasteiger partial charge >= 0.3 is 0 Å². The van der Waals surface area contributed by atoms with Crippen molar-refractivity contribution in [1.82, 2.24) is 19.7 Å². The van der Waals surface area contributed by atoms with Crippen molar-refractivity contribution in [1.29, 1.82) is 0 Å². The molecule has 2 rings (SSSR count). The van der Waals surface area contributed by atoms with E-state index in [0.717, 1.165) is 24.4 Å². The second-order valence-corrected chi connectivity index (χ2v) is 3.41. The van der Waals surface area contributed by atoms with Crippen LogP contribution in [-0.4, -0.2) is 26.9 Å². The van der Waals surface area contributed by atoms with E-state index in [1.54, 1.807) is 19.6 Å². The lowest BCUT2D eigenvalue weighted by molar-refractivity contribution is 0.399. The van der Waals surface area contributed by atoms with Crippen LogP contribution in [0.1, 0.15) is 13.3 Å². The minimum atomic E-state index is 0.577. The van der Waals surface area contributed by atoms with Gasteiger partial charge in [0.15, 0.2) is 5.82 Å². The van der Waals surface area contributed by atoms with Gasteiger partial charge in [0.25, 0.3) is 0 Å². The largest absolute Gasteiger partial charge is 0.480 e. The first kappa shape index (κ1) is 10.6. The van der Waals surface area contributed by atoms with E-state index in [1.165, 1.54) is 0 Å². The number of methoxy groups -OCH3 is 1. The number of rotatable bonds is 4. The highest BCUT2D eigenvalue weighted by Gasteiger charge is 2.12. The molecule has 0 N–H and O–H groups in total. The normalized spacial score (nSPS) is 10.4. The second kappa shape index (κ2) is 4.74. The molecule has 0 unspecified atom stereocenters. The molecule has 84 valence electrons. The maximum Gasteiger partial charge on any atom is 0.224 e. The molecule has 2 aromatic rings. The maximum absolute atomic E-state index is 5.21. The number of ether oxygens (including phenoxy) is 1. The standard InChI is InChI=1S/C11H14N4O/c1-3-7-15-8-13-14-10(15)9-5-4-6-12-11(9)16-2/h4-6,8H,3,7H2,1-2H3. The highest BCUT2D eigenvalue weighted by molar-refractivity contribution is 5.61. The third-order valence-corrected chi connectivity index (χ3v) is 2.29. The van der Waals surface area contributed by atoms with Crippen LogP contribution in [0.5, 0.6) is 5.88 Å². The van der Waals surface area contributed by atoms with Gasteiger partial charge in [-0.3, -0.25) is 0 Å². The molecular formula is C11H14N4O. The molecule has 0 aliphatic carbocycles. The Morgan fingerprint density at radius 2 is 2.31 bits per heavy atom. The van der Waals surface area contributed by atoms with Crippen molar-refractivity contribution in [2.45, 2.75) is 19.9 Å². The van der Waals surface area contributed by atoms with E-state index in [1.807, 2.05) is 16.7 Å². The number of hydrogen-bond acceptors (Lipinski definition) is 4. The van der Waals surface area contributed by atoms with E-state index >= 15 is 0 Å². The maximum atomic E-state index is 5.21. The lowest BCUT2D eigenvalue weighted by atomic mass is 10.2. The van der Waals surface area contributed by atoms with Crippen LogP contribution in [0.4, 0.5) is 0 Å². The molecule has 0 fully saturated rings. The van der Waals surface area contributed by atoms with Gasteiger partial charge in [0, 0.05) is 12.7 Å². The fourth-order valence-corrected chi connectivity index (χ4v) is 1.59. The van der Waals surface area contributed by atoms with Gasteiger partial charge in [0.2, 0.25) is 5.88 Å². The molecule has 0 aromatic carbocycles. The van der Waals surface area contributed by atoms with Crippen LogP contribution in [0.15, 0.2) is 24.7 Å². The lowest BCUT2D eigenvalue weighted by Crippen LogP contribution is -2.00. The van der Waals surface area contributed by atoms with Gasteiger partial charge in [-0.25, -0.2) is 4.98 Å².